The number of aromatic nitrogens is 1. The van der Waals surface area contributed by atoms with Gasteiger partial charge in [-0.25, -0.2) is 0 Å². The van der Waals surface area contributed by atoms with Gasteiger partial charge in [-0.2, -0.15) is 0 Å². The second-order valence-corrected chi connectivity index (χ2v) is 7.35. The highest BCUT2D eigenvalue weighted by molar-refractivity contribution is 6.06. The van der Waals surface area contributed by atoms with Crippen molar-refractivity contribution in [3.63, 3.8) is 0 Å². The number of nitrogens with zero attached hydrogens (tertiary/aromatic N) is 1. The van der Waals surface area contributed by atoms with E-state index in [-0.39, 0.29) is 11.3 Å². The van der Waals surface area contributed by atoms with Gasteiger partial charge in [0.1, 0.15) is 5.56 Å². The number of hydrogen-bond acceptors (Lipinski definition) is 2. The lowest BCUT2D eigenvalue weighted by molar-refractivity contribution is 0.102. The molecule has 1 aromatic heterocycles. The first kappa shape index (κ1) is 21.9. The fraction of sp³-hybridized carbons (Fsp3) is 0.500. The van der Waals surface area contributed by atoms with Crippen molar-refractivity contribution in [2.45, 2.75) is 73.1 Å². The van der Waals surface area contributed by atoms with E-state index in [2.05, 4.69) is 37.6 Å². The molecule has 0 bridgehead atoms. The van der Waals surface area contributed by atoms with Crippen LogP contribution < -0.4 is 10.7 Å². The van der Waals surface area contributed by atoms with Gasteiger partial charge in [0.25, 0.3) is 5.91 Å². The summed E-state index contributed by atoms with van der Waals surface area (Å²) in [5.41, 5.74) is 5.76. The molecule has 0 aliphatic carbocycles. The average Bonchev–Trinajstić information content (AvgIpc) is 2.70. The molecule has 4 heteroatoms. The quantitative estimate of drug-likeness (QED) is 0.700. The molecule has 0 saturated carbocycles. The minimum atomic E-state index is -0.284. The Morgan fingerprint density at radius 2 is 1.61 bits per heavy atom. The van der Waals surface area contributed by atoms with Crippen LogP contribution in [0.1, 0.15) is 79.0 Å². The van der Waals surface area contributed by atoms with Crippen LogP contribution in [0.15, 0.2) is 23.0 Å². The number of para-hydroxylation sites is 1. The zero-order valence-corrected chi connectivity index (χ0v) is 18.2. The van der Waals surface area contributed by atoms with E-state index < -0.39 is 0 Å². The fourth-order valence-electron chi connectivity index (χ4n) is 3.98. The summed E-state index contributed by atoms with van der Waals surface area (Å²) < 4.78 is 2.06. The van der Waals surface area contributed by atoms with Crippen molar-refractivity contribution < 1.29 is 4.79 Å². The molecular formula is C24H34N2O2. The molecule has 0 aliphatic heterocycles. The van der Waals surface area contributed by atoms with Gasteiger partial charge in [-0.05, 0) is 50.2 Å². The third-order valence-electron chi connectivity index (χ3n) is 5.67. The Labute approximate surface area is 169 Å². The number of hydrogen-bond donors (Lipinski definition) is 1. The summed E-state index contributed by atoms with van der Waals surface area (Å²) in [5.74, 6) is -0.284. The predicted molar refractivity (Wildman–Crippen MR) is 118 cm³/mol. The smallest absolute Gasteiger partial charge is 0.261 e. The van der Waals surface area contributed by atoms with Crippen molar-refractivity contribution in [1.29, 1.82) is 0 Å². The van der Waals surface area contributed by atoms with Crippen LogP contribution in [0.5, 0.6) is 0 Å². The molecule has 0 fully saturated rings. The maximum atomic E-state index is 13.3. The topological polar surface area (TPSA) is 51.1 Å². The van der Waals surface area contributed by atoms with E-state index in [9.17, 15) is 9.59 Å². The van der Waals surface area contributed by atoms with Gasteiger partial charge in [-0.1, -0.05) is 52.3 Å². The molecule has 2 aromatic rings. The number of carbonyl (C=O) groups excluding carboxylic acids is 1. The van der Waals surface area contributed by atoms with Crippen LogP contribution in [0.4, 0.5) is 5.69 Å². The Kier molecular flexibility index (Phi) is 7.61. The van der Waals surface area contributed by atoms with Gasteiger partial charge in [-0.3, -0.25) is 9.59 Å². The highest BCUT2D eigenvalue weighted by Crippen LogP contribution is 2.24. The van der Waals surface area contributed by atoms with E-state index in [0.29, 0.717) is 11.1 Å². The molecule has 2 rings (SSSR count). The summed E-state index contributed by atoms with van der Waals surface area (Å²) in [6.45, 7) is 10.2. The Hall–Kier alpha value is -2.36. The lowest BCUT2D eigenvalue weighted by Crippen LogP contribution is -2.31. The van der Waals surface area contributed by atoms with Gasteiger partial charge in [0, 0.05) is 29.7 Å². The molecular weight excluding hydrogens is 348 g/mol. The Balaban J connectivity index is 2.62. The van der Waals surface area contributed by atoms with Crippen LogP contribution in [0.3, 0.4) is 0 Å². The van der Waals surface area contributed by atoms with Crippen LogP contribution in [-0.2, 0) is 32.7 Å². The maximum absolute atomic E-state index is 13.3. The molecule has 1 heterocycles. The molecule has 1 amide bonds. The highest BCUT2D eigenvalue weighted by atomic mass is 16.2. The summed E-state index contributed by atoms with van der Waals surface area (Å²) in [6.07, 6.45) is 5.14. The summed E-state index contributed by atoms with van der Waals surface area (Å²) in [5, 5.41) is 3.09. The summed E-state index contributed by atoms with van der Waals surface area (Å²) >= 11 is 0. The van der Waals surface area contributed by atoms with E-state index >= 15 is 0 Å². The Morgan fingerprint density at radius 1 is 1.00 bits per heavy atom. The lowest BCUT2D eigenvalue weighted by atomic mass is 9.99. The number of nitrogens with one attached hydrogen (secondary N) is 1. The van der Waals surface area contributed by atoms with Crippen LogP contribution in [0, 0.1) is 6.92 Å². The number of anilines is 1. The largest absolute Gasteiger partial charge is 0.350 e. The van der Waals surface area contributed by atoms with E-state index in [1.54, 1.807) is 0 Å². The third-order valence-corrected chi connectivity index (χ3v) is 5.67. The van der Waals surface area contributed by atoms with Gasteiger partial charge < -0.3 is 9.88 Å². The Bertz CT molecular complexity index is 888. The maximum Gasteiger partial charge on any atom is 0.261 e. The van der Waals surface area contributed by atoms with Crippen molar-refractivity contribution in [1.82, 2.24) is 4.57 Å². The molecule has 28 heavy (non-hydrogen) atoms. The van der Waals surface area contributed by atoms with E-state index in [1.165, 1.54) is 0 Å². The van der Waals surface area contributed by atoms with Crippen molar-refractivity contribution >= 4 is 11.6 Å². The minimum absolute atomic E-state index is 0.134. The molecule has 0 radical (unpaired) electrons. The van der Waals surface area contributed by atoms with Crippen LogP contribution in [0.2, 0.25) is 0 Å². The minimum Gasteiger partial charge on any atom is -0.350 e. The number of amides is 1. The molecule has 0 aliphatic rings. The zero-order chi connectivity index (χ0) is 20.8. The first-order valence-electron chi connectivity index (χ1n) is 10.5. The number of unbranched alkanes of at least 4 members (excludes halogenated alkanes) is 1. The lowest BCUT2D eigenvalue weighted by Gasteiger charge is -2.21. The first-order chi connectivity index (χ1) is 13.4. The predicted octanol–water partition coefficient (Wildman–Crippen LogP) is 4.98. The third kappa shape index (κ3) is 4.21. The van der Waals surface area contributed by atoms with Crippen molar-refractivity contribution in [3.05, 3.63) is 62.1 Å². The van der Waals surface area contributed by atoms with Crippen LogP contribution in [0.25, 0.3) is 0 Å². The standard InChI is InChI=1S/C24H34N2O2/c1-7-11-15-20-21(23(27)16(5)19(10-4)26(20)6)24(28)25-22-17(8-2)13-12-14-18(22)9-3/h12-14H,7-11,15H2,1-6H3,(H,25,28). The number of pyridine rings is 1. The monoisotopic (exact) mass is 382 g/mol. The number of carbonyl (C=O) groups is 1. The van der Waals surface area contributed by atoms with Crippen molar-refractivity contribution in [3.8, 4) is 0 Å². The van der Waals surface area contributed by atoms with E-state index in [0.717, 1.165) is 66.7 Å². The highest BCUT2D eigenvalue weighted by Gasteiger charge is 2.23. The van der Waals surface area contributed by atoms with Gasteiger partial charge in [0.2, 0.25) is 0 Å². The zero-order valence-electron chi connectivity index (χ0n) is 18.2. The molecule has 0 saturated heterocycles. The van der Waals surface area contributed by atoms with Crippen LogP contribution in [-0.4, -0.2) is 10.5 Å². The number of benzene rings is 1. The summed E-state index contributed by atoms with van der Waals surface area (Å²) in [4.78, 5) is 26.5. The number of aryl methyl sites for hydroxylation is 2. The second kappa shape index (κ2) is 9.72. The second-order valence-electron chi connectivity index (χ2n) is 7.35. The molecule has 1 aromatic carbocycles. The molecule has 0 unspecified atom stereocenters. The van der Waals surface area contributed by atoms with Gasteiger partial charge >= 0.3 is 0 Å². The molecule has 0 spiro atoms. The number of rotatable bonds is 8. The van der Waals surface area contributed by atoms with Crippen molar-refractivity contribution in [2.24, 2.45) is 7.05 Å². The molecule has 0 atom stereocenters. The first-order valence-corrected chi connectivity index (χ1v) is 10.5. The van der Waals surface area contributed by atoms with E-state index in [1.807, 2.05) is 32.2 Å². The molecule has 1 N–H and O–H groups in total. The SMILES string of the molecule is CCCCc1c(C(=O)Nc2c(CC)cccc2CC)c(=O)c(C)c(CC)n1C. The van der Waals surface area contributed by atoms with Gasteiger partial charge in [0.15, 0.2) is 5.43 Å². The van der Waals surface area contributed by atoms with Crippen LogP contribution >= 0.6 is 0 Å². The molecule has 152 valence electrons. The van der Waals surface area contributed by atoms with Gasteiger partial charge in [0.05, 0.1) is 0 Å². The fourth-order valence-corrected chi connectivity index (χ4v) is 3.98. The average molecular weight is 383 g/mol. The normalized spacial score (nSPS) is 10.9. The molecule has 4 nitrogen and oxygen atoms in total. The van der Waals surface area contributed by atoms with Gasteiger partial charge in [-0.15, -0.1) is 0 Å². The summed E-state index contributed by atoms with van der Waals surface area (Å²) in [6, 6.07) is 6.10. The Morgan fingerprint density at radius 3 is 2.11 bits per heavy atom. The summed E-state index contributed by atoms with van der Waals surface area (Å²) in [7, 11) is 1.98. The van der Waals surface area contributed by atoms with E-state index in [4.69, 9.17) is 0 Å². The van der Waals surface area contributed by atoms with Crippen molar-refractivity contribution in [2.75, 3.05) is 5.32 Å².